The van der Waals surface area contributed by atoms with Crippen molar-refractivity contribution in [1.29, 1.82) is 0 Å². The number of hydrogen-bond acceptors (Lipinski definition) is 4. The van der Waals surface area contributed by atoms with Crippen LogP contribution in [0.2, 0.25) is 5.02 Å². The highest BCUT2D eigenvalue weighted by Crippen LogP contribution is 2.36. The molecule has 0 N–H and O–H groups in total. The number of amides is 1. The van der Waals surface area contributed by atoms with Crippen molar-refractivity contribution >= 4 is 29.3 Å². The molecule has 7 heteroatoms. The van der Waals surface area contributed by atoms with E-state index in [2.05, 4.69) is 15.1 Å². The number of thioether (sulfide) groups is 1. The van der Waals surface area contributed by atoms with Crippen LogP contribution >= 0.6 is 23.4 Å². The van der Waals surface area contributed by atoms with E-state index in [1.807, 2.05) is 35.9 Å². The minimum Gasteiger partial charge on any atom is -0.339 e. The summed E-state index contributed by atoms with van der Waals surface area (Å²) in [6, 6.07) is 8.07. The number of benzene rings is 1. The average Bonchev–Trinajstić information content (AvgIpc) is 3.06. The van der Waals surface area contributed by atoms with Crippen LogP contribution in [0.5, 0.6) is 0 Å². The lowest BCUT2D eigenvalue weighted by molar-refractivity contribution is -0.134. The van der Waals surface area contributed by atoms with Crippen LogP contribution in [0.1, 0.15) is 38.5 Å². The van der Waals surface area contributed by atoms with E-state index >= 15 is 0 Å². The van der Waals surface area contributed by atoms with Crippen LogP contribution < -0.4 is 0 Å². The van der Waals surface area contributed by atoms with Gasteiger partial charge in [-0.1, -0.05) is 48.3 Å². The Morgan fingerprint density at radius 3 is 2.81 bits per heavy atom. The highest BCUT2D eigenvalue weighted by molar-refractivity contribution is 7.99. The predicted octanol–water partition coefficient (Wildman–Crippen LogP) is 4.41. The molecule has 5 nitrogen and oxygen atoms in total. The van der Waals surface area contributed by atoms with Gasteiger partial charge in [0.25, 0.3) is 0 Å². The first-order valence-corrected chi connectivity index (χ1v) is 11.1. The van der Waals surface area contributed by atoms with E-state index in [0.29, 0.717) is 22.7 Å². The Balaban J connectivity index is 1.43. The quantitative estimate of drug-likeness (QED) is 0.708. The lowest BCUT2D eigenvalue weighted by Gasteiger charge is -2.44. The lowest BCUT2D eigenvalue weighted by Crippen LogP contribution is -2.50. The number of hydrogen-bond donors (Lipinski definition) is 0. The SMILES string of the molecule is Cn1c(SCC(=O)N2CCC[C@H]3CCCC[C@H]32)nnc1-c1ccccc1Cl. The number of carbonyl (C=O) groups excluding carboxylic acids is 1. The summed E-state index contributed by atoms with van der Waals surface area (Å²) in [6.07, 6.45) is 7.45. The van der Waals surface area contributed by atoms with Crippen molar-refractivity contribution in [2.45, 2.75) is 49.7 Å². The summed E-state index contributed by atoms with van der Waals surface area (Å²) in [4.78, 5) is 15.0. The Hall–Kier alpha value is -1.53. The monoisotopic (exact) mass is 404 g/mol. The van der Waals surface area contributed by atoms with Crippen molar-refractivity contribution in [3.8, 4) is 11.4 Å². The van der Waals surface area contributed by atoms with Crippen LogP contribution in [0.3, 0.4) is 0 Å². The van der Waals surface area contributed by atoms with Gasteiger partial charge in [-0.2, -0.15) is 0 Å². The molecule has 0 bridgehead atoms. The number of rotatable bonds is 4. The number of carbonyl (C=O) groups is 1. The van der Waals surface area contributed by atoms with Crippen LogP contribution in [0.15, 0.2) is 29.4 Å². The molecule has 2 aromatic rings. The molecule has 1 aromatic heterocycles. The molecule has 2 heterocycles. The Kier molecular flexibility index (Phi) is 5.74. The Labute approximate surface area is 169 Å². The fraction of sp³-hybridized carbons (Fsp3) is 0.550. The second kappa shape index (κ2) is 8.23. The third-order valence-corrected chi connectivity index (χ3v) is 7.17. The minimum absolute atomic E-state index is 0.235. The molecular weight excluding hydrogens is 380 g/mol. The second-order valence-corrected chi connectivity index (χ2v) is 8.82. The van der Waals surface area contributed by atoms with Crippen LogP contribution in [-0.4, -0.2) is 43.9 Å². The zero-order valence-electron chi connectivity index (χ0n) is 15.6. The summed E-state index contributed by atoms with van der Waals surface area (Å²) in [5.41, 5.74) is 0.855. The molecule has 144 valence electrons. The number of aromatic nitrogens is 3. The van der Waals surface area contributed by atoms with E-state index in [1.54, 1.807) is 0 Å². The topological polar surface area (TPSA) is 51.0 Å². The van der Waals surface area contributed by atoms with Gasteiger partial charge in [0.1, 0.15) is 0 Å². The molecule has 1 aromatic carbocycles. The number of nitrogens with zero attached hydrogens (tertiary/aromatic N) is 4. The molecule has 2 atom stereocenters. The number of likely N-dealkylation sites (tertiary alicyclic amines) is 1. The molecule has 1 saturated carbocycles. The largest absolute Gasteiger partial charge is 0.339 e. The standard InChI is InChI=1S/C20H25ClN4OS/c1-24-19(15-9-3-4-10-16(15)21)22-23-20(24)27-13-18(26)25-12-6-8-14-7-2-5-11-17(14)25/h3-4,9-10,14,17H,2,5-8,11-13H2,1H3/t14-,17-/m1/s1. The molecule has 0 spiro atoms. The van der Waals surface area contributed by atoms with Crippen molar-refractivity contribution in [3.05, 3.63) is 29.3 Å². The summed E-state index contributed by atoms with van der Waals surface area (Å²) in [6.45, 7) is 0.907. The van der Waals surface area contributed by atoms with Gasteiger partial charge >= 0.3 is 0 Å². The van der Waals surface area contributed by atoms with Gasteiger partial charge in [0, 0.05) is 25.2 Å². The first-order valence-electron chi connectivity index (χ1n) is 9.71. The van der Waals surface area contributed by atoms with E-state index in [-0.39, 0.29) is 5.91 Å². The van der Waals surface area contributed by atoms with Gasteiger partial charge in [-0.15, -0.1) is 10.2 Å². The summed E-state index contributed by atoms with van der Waals surface area (Å²) in [7, 11) is 1.92. The Morgan fingerprint density at radius 1 is 1.19 bits per heavy atom. The normalized spacial score (nSPS) is 22.5. The summed E-state index contributed by atoms with van der Waals surface area (Å²) >= 11 is 7.75. The van der Waals surface area contributed by atoms with Crippen molar-refractivity contribution in [3.63, 3.8) is 0 Å². The number of fused-ring (bicyclic) bond motifs is 1. The van der Waals surface area contributed by atoms with Crippen molar-refractivity contribution in [1.82, 2.24) is 19.7 Å². The second-order valence-electron chi connectivity index (χ2n) is 7.47. The molecule has 2 fully saturated rings. The maximum atomic E-state index is 12.9. The van der Waals surface area contributed by atoms with E-state index in [9.17, 15) is 4.79 Å². The van der Waals surface area contributed by atoms with Crippen LogP contribution in [0, 0.1) is 5.92 Å². The molecule has 0 unspecified atom stereocenters. The maximum Gasteiger partial charge on any atom is 0.233 e. The highest BCUT2D eigenvalue weighted by atomic mass is 35.5. The number of piperidine rings is 1. The van der Waals surface area contributed by atoms with Gasteiger partial charge in [0.2, 0.25) is 5.91 Å². The van der Waals surface area contributed by atoms with Gasteiger partial charge < -0.3 is 9.47 Å². The molecule has 1 saturated heterocycles. The first-order chi connectivity index (χ1) is 13.1. The molecule has 1 aliphatic carbocycles. The molecule has 4 rings (SSSR count). The Morgan fingerprint density at radius 2 is 1.96 bits per heavy atom. The van der Waals surface area contributed by atoms with Crippen molar-refractivity contribution in [2.24, 2.45) is 13.0 Å². The van der Waals surface area contributed by atoms with Gasteiger partial charge in [-0.25, -0.2) is 0 Å². The molecule has 2 aliphatic rings. The average molecular weight is 405 g/mol. The smallest absolute Gasteiger partial charge is 0.233 e. The van der Waals surface area contributed by atoms with Crippen molar-refractivity contribution < 1.29 is 4.79 Å². The van der Waals surface area contributed by atoms with Crippen LogP contribution in [0.4, 0.5) is 0 Å². The summed E-state index contributed by atoms with van der Waals surface area (Å²) < 4.78 is 1.92. The van der Waals surface area contributed by atoms with Crippen molar-refractivity contribution in [2.75, 3.05) is 12.3 Å². The fourth-order valence-electron chi connectivity index (χ4n) is 4.46. The molecular formula is C20H25ClN4OS. The van der Waals surface area contributed by atoms with Gasteiger partial charge in [-0.05, 0) is 43.7 Å². The summed E-state index contributed by atoms with van der Waals surface area (Å²) in [5.74, 6) is 2.08. The van der Waals surface area contributed by atoms with E-state index in [4.69, 9.17) is 11.6 Å². The third kappa shape index (κ3) is 3.87. The molecule has 1 amide bonds. The maximum absolute atomic E-state index is 12.9. The van der Waals surface area contributed by atoms with Gasteiger partial charge in [-0.3, -0.25) is 4.79 Å². The van der Waals surface area contributed by atoms with Gasteiger partial charge in [0.05, 0.1) is 10.8 Å². The third-order valence-electron chi connectivity index (χ3n) is 5.84. The summed E-state index contributed by atoms with van der Waals surface area (Å²) in [5, 5.41) is 9.96. The zero-order valence-corrected chi connectivity index (χ0v) is 17.2. The number of halogens is 1. The first kappa shape index (κ1) is 18.8. The van der Waals surface area contributed by atoms with E-state index in [0.717, 1.165) is 29.5 Å². The molecule has 1 aliphatic heterocycles. The Bertz CT molecular complexity index is 822. The van der Waals surface area contributed by atoms with Gasteiger partial charge in [0.15, 0.2) is 11.0 Å². The van der Waals surface area contributed by atoms with Crippen LogP contribution in [0.25, 0.3) is 11.4 Å². The van der Waals surface area contributed by atoms with Crippen LogP contribution in [-0.2, 0) is 11.8 Å². The minimum atomic E-state index is 0.235. The van der Waals surface area contributed by atoms with E-state index < -0.39 is 0 Å². The highest BCUT2D eigenvalue weighted by Gasteiger charge is 2.35. The fourth-order valence-corrected chi connectivity index (χ4v) is 5.48. The molecule has 0 radical (unpaired) electrons. The zero-order chi connectivity index (χ0) is 18.8. The molecule has 27 heavy (non-hydrogen) atoms. The lowest BCUT2D eigenvalue weighted by atomic mass is 9.78. The predicted molar refractivity (Wildman–Crippen MR) is 109 cm³/mol. The van der Waals surface area contributed by atoms with E-state index in [1.165, 1.54) is 43.9 Å².